The van der Waals surface area contributed by atoms with Gasteiger partial charge < -0.3 is 9.84 Å². The smallest absolute Gasteiger partial charge is 0.240 e. The molecule has 2 N–H and O–H groups in total. The van der Waals surface area contributed by atoms with E-state index >= 15 is 0 Å². The van der Waals surface area contributed by atoms with Gasteiger partial charge in [-0.2, -0.15) is 0 Å². The highest BCUT2D eigenvalue weighted by Crippen LogP contribution is 2.22. The fourth-order valence-corrected chi connectivity index (χ4v) is 4.01. The Balaban J connectivity index is 1.49. The molecule has 1 aromatic heterocycles. The highest BCUT2D eigenvalue weighted by Gasteiger charge is 2.27. The number of aryl methyl sites for hydroxylation is 1. The van der Waals surface area contributed by atoms with Gasteiger partial charge in [-0.25, -0.2) is 13.1 Å². The Morgan fingerprint density at radius 3 is 2.58 bits per heavy atom. The second-order valence-electron chi connectivity index (χ2n) is 6.34. The van der Waals surface area contributed by atoms with Gasteiger partial charge in [0.25, 0.3) is 0 Å². The van der Waals surface area contributed by atoms with Gasteiger partial charge >= 0.3 is 0 Å². The fraction of sp³-hybridized carbons (Fsp3) is 0.412. The van der Waals surface area contributed by atoms with Crippen molar-refractivity contribution in [3.8, 4) is 0 Å². The minimum Gasteiger partial charge on any atom is -0.352 e. The Morgan fingerprint density at radius 1 is 1.31 bits per heavy atom. The maximum absolute atomic E-state index is 12.1. The van der Waals surface area contributed by atoms with Crippen LogP contribution in [0.2, 0.25) is 5.22 Å². The molecule has 0 atom stereocenters. The molecule has 1 heterocycles. The molecule has 0 radical (unpaired) electrons. The monoisotopic (exact) mass is 397 g/mol. The Kier molecular flexibility index (Phi) is 5.64. The second-order valence-corrected chi connectivity index (χ2v) is 8.39. The molecule has 26 heavy (non-hydrogen) atoms. The Bertz CT molecular complexity index is 870. The second kappa shape index (κ2) is 7.77. The van der Waals surface area contributed by atoms with Crippen LogP contribution < -0.4 is 10.0 Å². The Morgan fingerprint density at radius 2 is 2.00 bits per heavy atom. The summed E-state index contributed by atoms with van der Waals surface area (Å²) in [6.07, 6.45) is 2.50. The van der Waals surface area contributed by atoms with E-state index < -0.39 is 10.0 Å². The zero-order valence-electron chi connectivity index (χ0n) is 14.3. The number of carbonyl (C=O) groups is 1. The summed E-state index contributed by atoms with van der Waals surface area (Å²) in [6, 6.07) is 6.56. The quantitative estimate of drug-likeness (QED) is 0.711. The van der Waals surface area contributed by atoms with E-state index in [-0.39, 0.29) is 28.5 Å². The number of nitrogens with one attached hydrogen (secondary N) is 2. The lowest BCUT2D eigenvalue weighted by Gasteiger charge is -2.08. The van der Waals surface area contributed by atoms with Gasteiger partial charge in [-0.1, -0.05) is 17.3 Å². The van der Waals surface area contributed by atoms with Crippen molar-refractivity contribution in [2.24, 2.45) is 0 Å². The molecule has 0 aliphatic heterocycles. The maximum atomic E-state index is 12.1. The molecule has 0 bridgehead atoms. The summed E-state index contributed by atoms with van der Waals surface area (Å²) in [4.78, 5) is 12.2. The average molecular weight is 398 g/mol. The van der Waals surface area contributed by atoms with Crippen molar-refractivity contribution in [3.63, 3.8) is 0 Å². The van der Waals surface area contributed by atoms with Gasteiger partial charge in [-0.05, 0) is 55.5 Å². The lowest BCUT2D eigenvalue weighted by atomic mass is 10.1. The normalized spacial score (nSPS) is 14.4. The van der Waals surface area contributed by atoms with E-state index in [4.69, 9.17) is 16.1 Å². The van der Waals surface area contributed by atoms with Gasteiger partial charge in [-0.15, -0.1) is 0 Å². The van der Waals surface area contributed by atoms with Crippen LogP contribution in [0.3, 0.4) is 0 Å². The fourth-order valence-electron chi connectivity index (χ4n) is 2.44. The maximum Gasteiger partial charge on any atom is 0.240 e. The summed E-state index contributed by atoms with van der Waals surface area (Å²) >= 11 is 5.87. The summed E-state index contributed by atoms with van der Waals surface area (Å²) in [5.74, 6) is -0.131. The van der Waals surface area contributed by atoms with Crippen molar-refractivity contribution in [3.05, 3.63) is 46.3 Å². The number of hydrogen-bond acceptors (Lipinski definition) is 5. The van der Waals surface area contributed by atoms with Crippen LogP contribution in [0.15, 0.2) is 33.7 Å². The van der Waals surface area contributed by atoms with E-state index in [2.05, 4.69) is 15.2 Å². The summed E-state index contributed by atoms with van der Waals surface area (Å²) in [5.41, 5.74) is 2.24. The average Bonchev–Trinajstić information content (AvgIpc) is 3.35. The van der Waals surface area contributed by atoms with Gasteiger partial charge in [0.05, 0.1) is 10.6 Å². The zero-order valence-corrected chi connectivity index (χ0v) is 15.9. The van der Waals surface area contributed by atoms with Crippen LogP contribution in [0.5, 0.6) is 0 Å². The standard InChI is InChI=1S/C17H20ClN3O4S/c1-11-15(17(18)25-20-11)8-9-16(22)19-10-12-2-6-14(7-3-12)26(23,24)21-13-4-5-13/h2-3,6-7,13,21H,4-5,8-10H2,1H3,(H,19,22). The summed E-state index contributed by atoms with van der Waals surface area (Å²) < 4.78 is 31.7. The largest absolute Gasteiger partial charge is 0.352 e. The first-order valence-electron chi connectivity index (χ1n) is 8.34. The van der Waals surface area contributed by atoms with Gasteiger partial charge in [0.1, 0.15) is 0 Å². The van der Waals surface area contributed by atoms with E-state index in [0.717, 1.165) is 24.0 Å². The number of amides is 1. The molecule has 1 aromatic carbocycles. The number of rotatable bonds is 8. The molecule has 1 amide bonds. The molecule has 0 unspecified atom stereocenters. The molecule has 3 rings (SSSR count). The minimum atomic E-state index is -3.45. The molecule has 1 aliphatic rings. The van der Waals surface area contributed by atoms with Crippen LogP contribution in [-0.4, -0.2) is 25.5 Å². The molecular weight excluding hydrogens is 378 g/mol. The number of aromatic nitrogens is 1. The number of hydrogen-bond donors (Lipinski definition) is 2. The van der Waals surface area contributed by atoms with E-state index in [1.807, 2.05) is 0 Å². The molecule has 1 saturated carbocycles. The van der Waals surface area contributed by atoms with Crippen molar-refractivity contribution in [1.82, 2.24) is 15.2 Å². The van der Waals surface area contributed by atoms with Crippen molar-refractivity contribution in [2.75, 3.05) is 0 Å². The van der Waals surface area contributed by atoms with Crippen LogP contribution in [0.4, 0.5) is 0 Å². The highest BCUT2D eigenvalue weighted by atomic mass is 35.5. The van der Waals surface area contributed by atoms with E-state index in [9.17, 15) is 13.2 Å². The molecule has 1 fully saturated rings. The minimum absolute atomic E-state index is 0.0709. The third-order valence-corrected chi connectivity index (χ3v) is 5.99. The van der Waals surface area contributed by atoms with Gasteiger partial charge in [-0.3, -0.25) is 4.79 Å². The lowest BCUT2D eigenvalue weighted by molar-refractivity contribution is -0.121. The highest BCUT2D eigenvalue weighted by molar-refractivity contribution is 7.89. The third-order valence-electron chi connectivity index (χ3n) is 4.16. The predicted molar refractivity (Wildman–Crippen MR) is 96.2 cm³/mol. The first-order valence-corrected chi connectivity index (χ1v) is 10.2. The molecule has 1 aliphatic carbocycles. The van der Waals surface area contributed by atoms with E-state index in [1.165, 1.54) is 0 Å². The molecule has 140 valence electrons. The molecule has 0 spiro atoms. The van der Waals surface area contributed by atoms with Crippen LogP contribution >= 0.6 is 11.6 Å². The molecular formula is C17H20ClN3O4S. The van der Waals surface area contributed by atoms with Gasteiger partial charge in [0, 0.05) is 24.6 Å². The predicted octanol–water partition coefficient (Wildman–Crippen LogP) is 2.33. The van der Waals surface area contributed by atoms with Crippen molar-refractivity contribution >= 4 is 27.5 Å². The lowest BCUT2D eigenvalue weighted by Crippen LogP contribution is -2.26. The van der Waals surface area contributed by atoms with E-state index in [0.29, 0.717) is 18.7 Å². The number of nitrogens with zero attached hydrogens (tertiary/aromatic N) is 1. The van der Waals surface area contributed by atoms with Gasteiger partial charge in [0.2, 0.25) is 21.1 Å². The van der Waals surface area contributed by atoms with Gasteiger partial charge in [0.15, 0.2) is 0 Å². The molecule has 2 aromatic rings. The summed E-state index contributed by atoms with van der Waals surface area (Å²) in [7, 11) is -3.45. The van der Waals surface area contributed by atoms with Crippen LogP contribution in [-0.2, 0) is 27.8 Å². The van der Waals surface area contributed by atoms with E-state index in [1.54, 1.807) is 31.2 Å². The Hall–Kier alpha value is -1.90. The third kappa shape index (κ3) is 4.84. The summed E-state index contributed by atoms with van der Waals surface area (Å²) in [5, 5.41) is 6.76. The molecule has 9 heteroatoms. The van der Waals surface area contributed by atoms with Crippen LogP contribution in [0.1, 0.15) is 36.1 Å². The Labute approximate surface area is 157 Å². The summed E-state index contributed by atoms with van der Waals surface area (Å²) in [6.45, 7) is 2.10. The first kappa shape index (κ1) is 18.9. The van der Waals surface area contributed by atoms with Crippen molar-refractivity contribution in [2.45, 2.75) is 50.1 Å². The van der Waals surface area contributed by atoms with Crippen LogP contribution in [0.25, 0.3) is 0 Å². The number of halogens is 1. The SMILES string of the molecule is Cc1noc(Cl)c1CCC(=O)NCc1ccc(S(=O)(=O)NC2CC2)cc1. The first-order chi connectivity index (χ1) is 12.3. The molecule has 0 saturated heterocycles. The van der Waals surface area contributed by atoms with Crippen molar-refractivity contribution < 1.29 is 17.7 Å². The topological polar surface area (TPSA) is 101 Å². The zero-order chi connectivity index (χ0) is 18.7. The number of benzene rings is 1. The number of sulfonamides is 1. The molecule has 7 nitrogen and oxygen atoms in total. The van der Waals surface area contributed by atoms with Crippen molar-refractivity contribution in [1.29, 1.82) is 0 Å². The number of carbonyl (C=O) groups excluding carboxylic acids is 1. The van der Waals surface area contributed by atoms with Crippen LogP contribution in [0, 0.1) is 6.92 Å².